The van der Waals surface area contributed by atoms with Crippen LogP contribution in [0.15, 0.2) is 60.8 Å². The molecule has 0 spiro atoms. The van der Waals surface area contributed by atoms with E-state index < -0.39 is 27.7 Å². The Hall–Kier alpha value is -2.82. The lowest BCUT2D eigenvalue weighted by molar-refractivity contribution is -0.137. The van der Waals surface area contributed by atoms with Gasteiger partial charge in [0.1, 0.15) is 0 Å². The van der Waals surface area contributed by atoms with Gasteiger partial charge in [-0.2, -0.15) is 13.2 Å². The van der Waals surface area contributed by atoms with Gasteiger partial charge in [-0.05, 0) is 54.4 Å². The number of amides is 1. The number of hydrogen-bond acceptors (Lipinski definition) is 4. The van der Waals surface area contributed by atoms with Crippen molar-refractivity contribution in [1.82, 2.24) is 10.3 Å². The summed E-state index contributed by atoms with van der Waals surface area (Å²) in [6.07, 6.45) is -3.34. The van der Waals surface area contributed by atoms with Gasteiger partial charge in [0.05, 0.1) is 33.6 Å². The monoisotopic (exact) mass is 531 g/mol. The Kier molecular flexibility index (Phi) is 8.06. The predicted molar refractivity (Wildman–Crippen MR) is 124 cm³/mol. The van der Waals surface area contributed by atoms with Crippen molar-refractivity contribution in [3.8, 4) is 0 Å². The summed E-state index contributed by atoms with van der Waals surface area (Å²) >= 11 is 12.0. The van der Waals surface area contributed by atoms with Crippen molar-refractivity contribution in [2.45, 2.75) is 19.1 Å². The van der Waals surface area contributed by atoms with E-state index >= 15 is 0 Å². The molecule has 180 valence electrons. The molecular weight excluding hydrogens is 514 g/mol. The van der Waals surface area contributed by atoms with Gasteiger partial charge in [0.2, 0.25) is 10.0 Å². The van der Waals surface area contributed by atoms with Crippen molar-refractivity contribution in [3.63, 3.8) is 0 Å². The minimum Gasteiger partial charge on any atom is -0.346 e. The van der Waals surface area contributed by atoms with Crippen LogP contribution in [0.2, 0.25) is 10.0 Å². The lowest BCUT2D eigenvalue weighted by Crippen LogP contribution is -2.23. The van der Waals surface area contributed by atoms with Gasteiger partial charge >= 0.3 is 6.18 Å². The average molecular weight is 532 g/mol. The van der Waals surface area contributed by atoms with Crippen molar-refractivity contribution < 1.29 is 26.4 Å². The third kappa shape index (κ3) is 7.09. The molecule has 3 rings (SSSR count). The normalized spacial score (nSPS) is 11.8. The van der Waals surface area contributed by atoms with E-state index in [9.17, 15) is 26.4 Å². The van der Waals surface area contributed by atoms with Crippen LogP contribution in [0.4, 0.5) is 18.9 Å². The zero-order valence-electron chi connectivity index (χ0n) is 17.4. The van der Waals surface area contributed by atoms with Crippen molar-refractivity contribution in [2.75, 3.05) is 10.5 Å². The van der Waals surface area contributed by atoms with E-state index in [1.807, 2.05) is 0 Å². The number of benzene rings is 2. The number of aryl methyl sites for hydroxylation is 1. The smallest absolute Gasteiger partial charge is 0.346 e. The molecule has 0 bridgehead atoms. The Bertz CT molecular complexity index is 1280. The Morgan fingerprint density at radius 3 is 2.41 bits per heavy atom. The molecule has 0 aliphatic rings. The molecule has 0 radical (unpaired) electrons. The number of carbonyl (C=O) groups is 1. The van der Waals surface area contributed by atoms with Gasteiger partial charge in [0.25, 0.3) is 5.91 Å². The quantitative estimate of drug-likeness (QED) is 0.411. The number of carbonyl (C=O) groups excluding carboxylic acids is 1. The van der Waals surface area contributed by atoms with Crippen LogP contribution in [-0.2, 0) is 29.2 Å². The largest absolute Gasteiger partial charge is 0.416 e. The van der Waals surface area contributed by atoms with Crippen molar-refractivity contribution in [2.24, 2.45) is 0 Å². The fraction of sp³-hybridized carbons (Fsp3) is 0.182. The summed E-state index contributed by atoms with van der Waals surface area (Å²) in [5.74, 6) is -0.788. The molecule has 1 amide bonds. The molecule has 0 saturated heterocycles. The van der Waals surface area contributed by atoms with E-state index in [0.29, 0.717) is 15.6 Å². The van der Waals surface area contributed by atoms with Crippen LogP contribution in [0.3, 0.4) is 0 Å². The number of nitrogens with one attached hydrogen (secondary N) is 2. The second-order valence-corrected chi connectivity index (χ2v) is 9.80. The maximum atomic E-state index is 12.8. The molecule has 1 heterocycles. The number of anilines is 1. The summed E-state index contributed by atoms with van der Waals surface area (Å²) in [6, 6.07) is 12.3. The Balaban J connectivity index is 1.56. The highest BCUT2D eigenvalue weighted by molar-refractivity contribution is 7.92. The fourth-order valence-electron chi connectivity index (χ4n) is 2.93. The molecule has 0 unspecified atom stereocenters. The van der Waals surface area contributed by atoms with Gasteiger partial charge in [0, 0.05) is 17.4 Å². The number of hydrogen-bond donors (Lipinski definition) is 2. The molecule has 0 atom stereocenters. The molecule has 2 N–H and O–H groups in total. The summed E-state index contributed by atoms with van der Waals surface area (Å²) in [6.45, 7) is -0.205. The van der Waals surface area contributed by atoms with E-state index in [4.69, 9.17) is 23.2 Å². The van der Waals surface area contributed by atoms with Gasteiger partial charge in [-0.1, -0.05) is 35.3 Å². The standard InChI is InChI=1S/C22H18Cl2F3N3O3S/c23-19-3-1-2-14(20(19)24)9-11-34(32,33)30-17-6-4-15(5-7-17)21(31)29-13-18-12-16(8-10-28-18)22(25,26)27/h1-8,10,12,30H,9,11,13H2,(H,29,31). The lowest BCUT2D eigenvalue weighted by atomic mass is 10.2. The van der Waals surface area contributed by atoms with Crippen molar-refractivity contribution >= 4 is 44.8 Å². The van der Waals surface area contributed by atoms with Gasteiger partial charge in [0.15, 0.2) is 0 Å². The first-order valence-electron chi connectivity index (χ1n) is 9.78. The van der Waals surface area contributed by atoms with Crippen molar-refractivity contribution in [1.29, 1.82) is 0 Å². The number of halogens is 5. The van der Waals surface area contributed by atoms with Crippen LogP contribution in [0.5, 0.6) is 0 Å². The van der Waals surface area contributed by atoms with Crippen LogP contribution < -0.4 is 10.0 Å². The van der Waals surface area contributed by atoms with Crippen LogP contribution in [0.1, 0.15) is 27.2 Å². The molecule has 0 aliphatic heterocycles. The Labute approximate surface area is 204 Å². The van der Waals surface area contributed by atoms with E-state index in [0.717, 1.165) is 18.3 Å². The summed E-state index contributed by atoms with van der Waals surface area (Å²) in [5, 5.41) is 3.12. The first-order chi connectivity index (χ1) is 15.9. The molecule has 3 aromatic rings. The van der Waals surface area contributed by atoms with E-state index in [1.54, 1.807) is 18.2 Å². The predicted octanol–water partition coefficient (Wildman–Crippen LogP) is 5.32. The maximum absolute atomic E-state index is 12.8. The Morgan fingerprint density at radius 2 is 1.74 bits per heavy atom. The number of rotatable bonds is 8. The molecule has 2 aromatic carbocycles. The van der Waals surface area contributed by atoms with Crippen LogP contribution in [-0.4, -0.2) is 25.1 Å². The minimum absolute atomic E-state index is 0.0485. The number of sulfonamides is 1. The zero-order valence-corrected chi connectivity index (χ0v) is 19.7. The molecule has 12 heteroatoms. The molecule has 0 fully saturated rings. The summed E-state index contributed by atoms with van der Waals surface area (Å²) in [7, 11) is -3.71. The summed E-state index contributed by atoms with van der Waals surface area (Å²) < 4.78 is 65.5. The van der Waals surface area contributed by atoms with E-state index in [-0.39, 0.29) is 35.7 Å². The van der Waals surface area contributed by atoms with E-state index in [1.165, 1.54) is 24.3 Å². The SMILES string of the molecule is O=C(NCc1cc(C(F)(F)F)ccn1)c1ccc(NS(=O)(=O)CCc2cccc(Cl)c2Cl)cc1. The zero-order chi connectivity index (χ0) is 24.9. The maximum Gasteiger partial charge on any atom is 0.416 e. The van der Waals surface area contributed by atoms with Crippen LogP contribution >= 0.6 is 23.2 Å². The molecule has 1 aromatic heterocycles. The minimum atomic E-state index is -4.51. The number of pyridine rings is 1. The third-order valence-electron chi connectivity index (χ3n) is 4.67. The first kappa shape index (κ1) is 25.8. The Morgan fingerprint density at radius 1 is 1.03 bits per heavy atom. The van der Waals surface area contributed by atoms with Crippen LogP contribution in [0.25, 0.3) is 0 Å². The fourth-order valence-corrected chi connectivity index (χ4v) is 4.43. The highest BCUT2D eigenvalue weighted by Gasteiger charge is 2.30. The number of aromatic nitrogens is 1. The average Bonchev–Trinajstić information content (AvgIpc) is 2.78. The first-order valence-corrected chi connectivity index (χ1v) is 12.2. The van der Waals surface area contributed by atoms with Gasteiger partial charge in [-0.15, -0.1) is 0 Å². The van der Waals surface area contributed by atoms with Gasteiger partial charge < -0.3 is 5.32 Å². The molecule has 0 saturated carbocycles. The van der Waals surface area contributed by atoms with E-state index in [2.05, 4.69) is 15.0 Å². The summed E-state index contributed by atoms with van der Waals surface area (Å²) in [5.41, 5.74) is 0.226. The second-order valence-electron chi connectivity index (χ2n) is 7.18. The number of alkyl halides is 3. The van der Waals surface area contributed by atoms with Crippen molar-refractivity contribution in [3.05, 3.63) is 93.2 Å². The highest BCUT2D eigenvalue weighted by atomic mass is 35.5. The topological polar surface area (TPSA) is 88.2 Å². The highest BCUT2D eigenvalue weighted by Crippen LogP contribution is 2.29. The molecular formula is C22H18Cl2F3N3O3S. The third-order valence-corrected chi connectivity index (χ3v) is 6.81. The summed E-state index contributed by atoms with van der Waals surface area (Å²) in [4.78, 5) is 16.1. The second kappa shape index (κ2) is 10.6. The molecule has 0 aliphatic carbocycles. The lowest BCUT2D eigenvalue weighted by Gasteiger charge is -2.11. The van der Waals surface area contributed by atoms with Gasteiger partial charge in [-0.25, -0.2) is 8.42 Å². The van der Waals surface area contributed by atoms with Crippen LogP contribution in [0, 0.1) is 0 Å². The molecule has 34 heavy (non-hydrogen) atoms. The van der Waals surface area contributed by atoms with Gasteiger partial charge in [-0.3, -0.25) is 14.5 Å². The number of nitrogens with zero attached hydrogens (tertiary/aromatic N) is 1. The molecule has 6 nitrogen and oxygen atoms in total.